The van der Waals surface area contributed by atoms with Crippen molar-refractivity contribution in [2.45, 2.75) is 25.2 Å². The number of aryl methyl sites for hydroxylation is 1. The highest BCUT2D eigenvalue weighted by molar-refractivity contribution is 6.09. The average molecular weight is 423 g/mol. The van der Waals surface area contributed by atoms with Crippen molar-refractivity contribution in [3.05, 3.63) is 71.0 Å². The van der Waals surface area contributed by atoms with Gasteiger partial charge in [0.1, 0.15) is 12.4 Å². The van der Waals surface area contributed by atoms with E-state index in [4.69, 9.17) is 0 Å². The molecular weight excluding hydrogens is 406 g/mol. The SMILES string of the molecule is Cc1ccc(CNC(=O)CN2C(=O)NC(c3ccccc3)(C(F)(F)F)C2=O)cc1F. The molecule has 3 rings (SSSR count). The zero-order valence-corrected chi connectivity index (χ0v) is 15.7. The summed E-state index contributed by atoms with van der Waals surface area (Å²) in [6.07, 6.45) is -5.13. The molecule has 1 fully saturated rings. The van der Waals surface area contributed by atoms with Gasteiger partial charge in [0.25, 0.3) is 5.91 Å². The van der Waals surface area contributed by atoms with E-state index in [1.807, 2.05) is 0 Å². The first-order valence-electron chi connectivity index (χ1n) is 8.84. The van der Waals surface area contributed by atoms with Crippen LogP contribution in [0.5, 0.6) is 0 Å². The van der Waals surface area contributed by atoms with E-state index in [0.717, 1.165) is 12.1 Å². The highest BCUT2D eigenvalue weighted by atomic mass is 19.4. The van der Waals surface area contributed by atoms with Crippen LogP contribution in [0.25, 0.3) is 0 Å². The Kier molecular flexibility index (Phi) is 5.51. The molecule has 0 saturated carbocycles. The fourth-order valence-electron chi connectivity index (χ4n) is 3.11. The molecule has 0 spiro atoms. The van der Waals surface area contributed by atoms with Crippen LogP contribution >= 0.6 is 0 Å². The Hall–Kier alpha value is -3.43. The zero-order valence-electron chi connectivity index (χ0n) is 15.7. The summed E-state index contributed by atoms with van der Waals surface area (Å²) < 4.78 is 55.2. The van der Waals surface area contributed by atoms with E-state index >= 15 is 0 Å². The molecule has 158 valence electrons. The molecular formula is C20H17F4N3O3. The first-order valence-corrected chi connectivity index (χ1v) is 8.84. The molecule has 1 aliphatic heterocycles. The predicted molar refractivity (Wildman–Crippen MR) is 97.4 cm³/mol. The zero-order chi connectivity index (χ0) is 22.1. The fraction of sp³-hybridized carbons (Fsp3) is 0.250. The van der Waals surface area contributed by atoms with Crippen LogP contribution in [-0.4, -0.2) is 35.5 Å². The molecule has 2 aromatic carbocycles. The summed E-state index contributed by atoms with van der Waals surface area (Å²) in [5.41, 5.74) is -2.91. The van der Waals surface area contributed by atoms with Crippen LogP contribution < -0.4 is 10.6 Å². The van der Waals surface area contributed by atoms with Gasteiger partial charge in [0.2, 0.25) is 11.4 Å². The first-order chi connectivity index (χ1) is 14.1. The fourth-order valence-corrected chi connectivity index (χ4v) is 3.11. The summed E-state index contributed by atoms with van der Waals surface area (Å²) in [4.78, 5) is 37.2. The van der Waals surface area contributed by atoms with Crippen LogP contribution in [0.2, 0.25) is 0 Å². The van der Waals surface area contributed by atoms with Gasteiger partial charge in [-0.25, -0.2) is 9.18 Å². The summed E-state index contributed by atoms with van der Waals surface area (Å²) in [6, 6.07) is 9.15. The van der Waals surface area contributed by atoms with Crippen molar-refractivity contribution in [3.8, 4) is 0 Å². The monoisotopic (exact) mass is 423 g/mol. The number of halogens is 4. The minimum Gasteiger partial charge on any atom is -0.350 e. The van der Waals surface area contributed by atoms with E-state index in [9.17, 15) is 31.9 Å². The third-order valence-electron chi connectivity index (χ3n) is 4.77. The van der Waals surface area contributed by atoms with Crippen LogP contribution in [0.15, 0.2) is 48.5 Å². The number of imide groups is 1. The van der Waals surface area contributed by atoms with Gasteiger partial charge in [0.15, 0.2) is 0 Å². The molecule has 0 aliphatic carbocycles. The number of hydrogen-bond acceptors (Lipinski definition) is 3. The third-order valence-corrected chi connectivity index (χ3v) is 4.77. The highest BCUT2D eigenvalue weighted by Gasteiger charge is 2.68. The Bertz CT molecular complexity index is 995. The molecule has 4 amide bonds. The van der Waals surface area contributed by atoms with Crippen LogP contribution in [-0.2, 0) is 21.7 Å². The molecule has 0 bridgehead atoms. The van der Waals surface area contributed by atoms with Gasteiger partial charge in [-0.15, -0.1) is 0 Å². The van der Waals surface area contributed by atoms with Crippen LogP contribution in [0.4, 0.5) is 22.4 Å². The normalized spacial score (nSPS) is 19.0. The number of carbonyl (C=O) groups is 3. The predicted octanol–water partition coefficient (Wildman–Crippen LogP) is 2.76. The van der Waals surface area contributed by atoms with Crippen molar-refractivity contribution in [3.63, 3.8) is 0 Å². The highest BCUT2D eigenvalue weighted by Crippen LogP contribution is 2.43. The number of nitrogens with zero attached hydrogens (tertiary/aromatic N) is 1. The van der Waals surface area contributed by atoms with E-state index in [2.05, 4.69) is 5.32 Å². The van der Waals surface area contributed by atoms with Crippen LogP contribution in [0.3, 0.4) is 0 Å². The van der Waals surface area contributed by atoms with E-state index in [-0.39, 0.29) is 11.4 Å². The maximum atomic E-state index is 13.9. The van der Waals surface area contributed by atoms with E-state index in [1.54, 1.807) is 18.3 Å². The minimum atomic E-state index is -5.13. The quantitative estimate of drug-likeness (QED) is 0.574. The Morgan fingerprint density at radius 2 is 1.80 bits per heavy atom. The topological polar surface area (TPSA) is 78.5 Å². The lowest BCUT2D eigenvalue weighted by Gasteiger charge is -2.29. The number of alkyl halides is 3. The molecule has 30 heavy (non-hydrogen) atoms. The van der Waals surface area contributed by atoms with Crippen molar-refractivity contribution >= 4 is 17.8 Å². The van der Waals surface area contributed by atoms with Crippen molar-refractivity contribution < 1.29 is 31.9 Å². The largest absolute Gasteiger partial charge is 0.425 e. The molecule has 1 heterocycles. The van der Waals surface area contributed by atoms with Crippen molar-refractivity contribution in [1.82, 2.24) is 15.5 Å². The molecule has 1 aliphatic rings. The number of rotatable bonds is 5. The Morgan fingerprint density at radius 1 is 1.13 bits per heavy atom. The molecule has 1 unspecified atom stereocenters. The lowest BCUT2D eigenvalue weighted by atomic mass is 9.89. The minimum absolute atomic E-state index is 0.122. The Balaban J connectivity index is 1.76. The maximum absolute atomic E-state index is 13.9. The lowest BCUT2D eigenvalue weighted by molar-refractivity contribution is -0.198. The number of amides is 4. The number of benzene rings is 2. The second-order valence-electron chi connectivity index (χ2n) is 6.80. The molecule has 0 radical (unpaired) electrons. The van der Waals surface area contributed by atoms with Gasteiger partial charge >= 0.3 is 12.2 Å². The molecule has 1 atom stereocenters. The van der Waals surface area contributed by atoms with E-state index in [0.29, 0.717) is 11.1 Å². The van der Waals surface area contributed by atoms with Crippen molar-refractivity contribution in [1.29, 1.82) is 0 Å². The second kappa shape index (κ2) is 7.77. The lowest BCUT2D eigenvalue weighted by Crippen LogP contribution is -2.56. The van der Waals surface area contributed by atoms with Crippen molar-refractivity contribution in [2.75, 3.05) is 6.54 Å². The molecule has 0 aromatic heterocycles. The van der Waals surface area contributed by atoms with E-state index < -0.39 is 47.5 Å². The van der Waals surface area contributed by atoms with Gasteiger partial charge in [0, 0.05) is 6.54 Å². The molecule has 2 N–H and O–H groups in total. The summed E-state index contributed by atoms with van der Waals surface area (Å²) in [6.45, 7) is 0.529. The number of hydrogen-bond donors (Lipinski definition) is 2. The molecule has 1 saturated heterocycles. The molecule has 6 nitrogen and oxygen atoms in total. The second-order valence-corrected chi connectivity index (χ2v) is 6.80. The summed E-state index contributed by atoms with van der Waals surface area (Å²) in [7, 11) is 0. The van der Waals surface area contributed by atoms with Gasteiger partial charge in [-0.1, -0.05) is 42.5 Å². The molecule has 2 aromatic rings. The molecule has 10 heteroatoms. The van der Waals surface area contributed by atoms with Gasteiger partial charge in [-0.2, -0.15) is 13.2 Å². The van der Waals surface area contributed by atoms with Crippen LogP contribution in [0, 0.1) is 12.7 Å². The van der Waals surface area contributed by atoms with Gasteiger partial charge in [-0.05, 0) is 29.7 Å². The van der Waals surface area contributed by atoms with Gasteiger partial charge in [-0.3, -0.25) is 14.5 Å². The van der Waals surface area contributed by atoms with Crippen LogP contribution in [0.1, 0.15) is 16.7 Å². The average Bonchev–Trinajstić information content (AvgIpc) is 2.95. The van der Waals surface area contributed by atoms with Gasteiger partial charge in [0.05, 0.1) is 0 Å². The summed E-state index contributed by atoms with van der Waals surface area (Å²) >= 11 is 0. The third kappa shape index (κ3) is 3.72. The summed E-state index contributed by atoms with van der Waals surface area (Å²) in [5.74, 6) is -2.94. The smallest absolute Gasteiger partial charge is 0.350 e. The van der Waals surface area contributed by atoms with Crippen molar-refractivity contribution in [2.24, 2.45) is 0 Å². The van der Waals surface area contributed by atoms with E-state index in [1.165, 1.54) is 30.3 Å². The standard InChI is InChI=1S/C20H17F4N3O3/c1-12-7-8-13(9-15(12)21)10-25-16(28)11-27-17(29)19(20(22,23)24,26-18(27)30)14-5-3-2-4-6-14/h2-9H,10-11H2,1H3,(H,25,28)(H,26,30). The summed E-state index contributed by atoms with van der Waals surface area (Å²) in [5, 5.41) is 4.06. The Labute approximate surface area is 168 Å². The van der Waals surface area contributed by atoms with Gasteiger partial charge < -0.3 is 10.6 Å². The maximum Gasteiger partial charge on any atom is 0.425 e. The first kappa shape index (κ1) is 21.3. The number of urea groups is 1. The Morgan fingerprint density at radius 3 is 2.40 bits per heavy atom. The number of nitrogens with one attached hydrogen (secondary N) is 2. The number of carbonyl (C=O) groups excluding carboxylic acids is 3.